The average Bonchev–Trinajstić information content (AvgIpc) is 2.50. The van der Waals surface area contributed by atoms with Crippen molar-refractivity contribution < 1.29 is 14.0 Å². The molecule has 0 aliphatic heterocycles. The van der Waals surface area contributed by atoms with Crippen molar-refractivity contribution in [2.24, 2.45) is 5.73 Å². The minimum Gasteiger partial charge on any atom is -0.366 e. The topological polar surface area (TPSA) is 72.2 Å². The minimum atomic E-state index is -0.691. The Morgan fingerprint density at radius 1 is 1.00 bits per heavy atom. The number of hydrogen-bond donors (Lipinski definition) is 2. The fraction of sp³-hybridized carbons (Fsp3) is 0.158. The molecule has 0 unspecified atom stereocenters. The number of aryl methyl sites for hydroxylation is 3. The Labute approximate surface area is 140 Å². The number of carbonyl (C=O) groups excluding carboxylic acids is 2. The molecule has 4 nitrogen and oxygen atoms in total. The van der Waals surface area contributed by atoms with E-state index < -0.39 is 11.8 Å². The van der Waals surface area contributed by atoms with Gasteiger partial charge in [-0.15, -0.1) is 0 Å². The Hall–Kier alpha value is -2.95. The molecule has 0 fully saturated rings. The monoisotopic (exact) mass is 326 g/mol. The van der Waals surface area contributed by atoms with Crippen LogP contribution in [0.15, 0.2) is 42.5 Å². The van der Waals surface area contributed by atoms with E-state index in [0.29, 0.717) is 16.8 Å². The van der Waals surface area contributed by atoms with Crippen LogP contribution in [-0.4, -0.2) is 11.8 Å². The van der Waals surface area contributed by atoms with E-state index in [1.807, 2.05) is 26.0 Å². The molecule has 24 heavy (non-hydrogen) atoms. The number of primary amides is 1. The molecule has 0 spiro atoms. The zero-order valence-electron chi connectivity index (χ0n) is 13.8. The standard InChI is InChI=1S/C19H19FN2O2/c1-11-4-5-14(8-12(11)2)16(19(21)24)10-18(23)22-17-7-6-15(20)9-13(17)3/h4-10H,1-3H3,(H2,21,24)(H,22,23)/b16-10-. The summed E-state index contributed by atoms with van der Waals surface area (Å²) in [5, 5.41) is 2.63. The summed E-state index contributed by atoms with van der Waals surface area (Å²) in [4.78, 5) is 23.9. The van der Waals surface area contributed by atoms with E-state index in [9.17, 15) is 14.0 Å². The molecular weight excluding hydrogens is 307 g/mol. The zero-order valence-corrected chi connectivity index (χ0v) is 13.8. The van der Waals surface area contributed by atoms with Crippen molar-refractivity contribution in [2.45, 2.75) is 20.8 Å². The van der Waals surface area contributed by atoms with Crippen LogP contribution >= 0.6 is 0 Å². The lowest BCUT2D eigenvalue weighted by Crippen LogP contribution is -2.17. The van der Waals surface area contributed by atoms with Gasteiger partial charge in [0.25, 0.3) is 0 Å². The normalized spacial score (nSPS) is 11.2. The second kappa shape index (κ2) is 7.08. The van der Waals surface area contributed by atoms with Crippen LogP contribution in [0, 0.1) is 26.6 Å². The van der Waals surface area contributed by atoms with Gasteiger partial charge in [0.15, 0.2) is 0 Å². The maximum absolute atomic E-state index is 13.1. The average molecular weight is 326 g/mol. The molecule has 5 heteroatoms. The van der Waals surface area contributed by atoms with Gasteiger partial charge in [-0.1, -0.05) is 18.2 Å². The number of anilines is 1. The Morgan fingerprint density at radius 3 is 2.29 bits per heavy atom. The van der Waals surface area contributed by atoms with Crippen LogP contribution in [0.1, 0.15) is 22.3 Å². The van der Waals surface area contributed by atoms with Gasteiger partial charge in [0.2, 0.25) is 11.8 Å². The van der Waals surface area contributed by atoms with Crippen LogP contribution in [-0.2, 0) is 9.59 Å². The van der Waals surface area contributed by atoms with Gasteiger partial charge >= 0.3 is 0 Å². The van der Waals surface area contributed by atoms with Crippen LogP contribution in [0.4, 0.5) is 10.1 Å². The van der Waals surface area contributed by atoms with Gasteiger partial charge in [-0.2, -0.15) is 0 Å². The number of amides is 2. The van der Waals surface area contributed by atoms with Crippen LogP contribution in [0.2, 0.25) is 0 Å². The lowest BCUT2D eigenvalue weighted by molar-refractivity contribution is -0.114. The molecule has 0 aliphatic carbocycles. The fourth-order valence-electron chi connectivity index (χ4n) is 2.27. The Balaban J connectivity index is 2.31. The molecule has 0 bridgehead atoms. The Bertz CT molecular complexity index is 841. The van der Waals surface area contributed by atoms with Crippen molar-refractivity contribution in [3.63, 3.8) is 0 Å². The van der Waals surface area contributed by atoms with E-state index in [1.165, 1.54) is 18.2 Å². The van der Waals surface area contributed by atoms with Crippen molar-refractivity contribution in [1.82, 2.24) is 0 Å². The predicted molar refractivity (Wildman–Crippen MR) is 92.9 cm³/mol. The maximum Gasteiger partial charge on any atom is 0.249 e. The molecule has 0 saturated heterocycles. The lowest BCUT2D eigenvalue weighted by atomic mass is 9.99. The lowest BCUT2D eigenvalue weighted by Gasteiger charge is -2.09. The number of nitrogens with two attached hydrogens (primary N) is 1. The molecule has 0 radical (unpaired) electrons. The van der Waals surface area contributed by atoms with Crippen molar-refractivity contribution in [3.05, 3.63) is 70.5 Å². The second-order valence-corrected chi connectivity index (χ2v) is 5.67. The molecule has 2 rings (SSSR count). The number of hydrogen-bond acceptors (Lipinski definition) is 2. The van der Waals surface area contributed by atoms with Gasteiger partial charge in [0, 0.05) is 11.8 Å². The summed E-state index contributed by atoms with van der Waals surface area (Å²) in [6, 6.07) is 9.46. The van der Waals surface area contributed by atoms with Crippen LogP contribution in [0.25, 0.3) is 5.57 Å². The number of benzene rings is 2. The van der Waals surface area contributed by atoms with E-state index in [2.05, 4.69) is 5.32 Å². The smallest absolute Gasteiger partial charge is 0.249 e. The zero-order chi connectivity index (χ0) is 17.9. The largest absolute Gasteiger partial charge is 0.366 e. The van der Waals surface area contributed by atoms with Gasteiger partial charge in [-0.05, 0) is 61.2 Å². The molecule has 124 valence electrons. The van der Waals surface area contributed by atoms with Crippen molar-refractivity contribution >= 4 is 23.1 Å². The summed E-state index contributed by atoms with van der Waals surface area (Å²) in [6.45, 7) is 5.55. The number of rotatable bonds is 4. The highest BCUT2D eigenvalue weighted by Gasteiger charge is 2.12. The van der Waals surface area contributed by atoms with Crippen LogP contribution in [0.5, 0.6) is 0 Å². The molecule has 0 saturated carbocycles. The second-order valence-electron chi connectivity index (χ2n) is 5.67. The molecular formula is C19H19FN2O2. The fourth-order valence-corrected chi connectivity index (χ4v) is 2.27. The maximum atomic E-state index is 13.1. The van der Waals surface area contributed by atoms with Crippen LogP contribution < -0.4 is 11.1 Å². The van der Waals surface area contributed by atoms with E-state index >= 15 is 0 Å². The molecule has 0 aromatic heterocycles. The van der Waals surface area contributed by atoms with Crippen molar-refractivity contribution in [1.29, 1.82) is 0 Å². The SMILES string of the molecule is Cc1ccc(/C(=C/C(=O)Nc2ccc(F)cc2C)C(N)=O)cc1C. The number of halogens is 1. The molecule has 0 heterocycles. The first-order valence-corrected chi connectivity index (χ1v) is 7.44. The number of nitrogens with one attached hydrogen (secondary N) is 1. The first kappa shape index (κ1) is 17.4. The highest BCUT2D eigenvalue weighted by Crippen LogP contribution is 2.19. The van der Waals surface area contributed by atoms with E-state index in [-0.39, 0.29) is 11.4 Å². The summed E-state index contributed by atoms with van der Waals surface area (Å²) in [5.41, 5.74) is 9.25. The minimum absolute atomic E-state index is 0.121. The quantitative estimate of drug-likeness (QED) is 0.847. The summed E-state index contributed by atoms with van der Waals surface area (Å²) in [7, 11) is 0. The highest BCUT2D eigenvalue weighted by atomic mass is 19.1. The Morgan fingerprint density at radius 2 is 1.71 bits per heavy atom. The van der Waals surface area contributed by atoms with Gasteiger partial charge in [0.1, 0.15) is 5.82 Å². The van der Waals surface area contributed by atoms with Crippen molar-refractivity contribution in [2.75, 3.05) is 5.32 Å². The molecule has 2 aromatic carbocycles. The predicted octanol–water partition coefficient (Wildman–Crippen LogP) is 3.26. The van der Waals surface area contributed by atoms with E-state index in [4.69, 9.17) is 5.73 Å². The van der Waals surface area contributed by atoms with E-state index in [1.54, 1.807) is 13.0 Å². The summed E-state index contributed by atoms with van der Waals surface area (Å²) in [6.07, 6.45) is 1.16. The molecule has 0 aliphatic rings. The van der Waals surface area contributed by atoms with E-state index in [0.717, 1.165) is 17.2 Å². The first-order chi connectivity index (χ1) is 11.3. The van der Waals surface area contributed by atoms with Crippen LogP contribution in [0.3, 0.4) is 0 Å². The third-order valence-electron chi connectivity index (χ3n) is 3.81. The summed E-state index contributed by atoms with van der Waals surface area (Å²) < 4.78 is 13.1. The molecule has 0 atom stereocenters. The third-order valence-corrected chi connectivity index (χ3v) is 3.81. The van der Waals surface area contributed by atoms with Gasteiger partial charge < -0.3 is 11.1 Å². The summed E-state index contributed by atoms with van der Waals surface area (Å²) >= 11 is 0. The summed E-state index contributed by atoms with van der Waals surface area (Å²) in [5.74, 6) is -1.57. The molecule has 2 amide bonds. The Kier molecular flexibility index (Phi) is 5.14. The van der Waals surface area contributed by atoms with Gasteiger partial charge in [-0.3, -0.25) is 9.59 Å². The number of carbonyl (C=O) groups is 2. The first-order valence-electron chi connectivity index (χ1n) is 7.44. The highest BCUT2D eigenvalue weighted by molar-refractivity contribution is 6.24. The third kappa shape index (κ3) is 4.07. The molecule has 3 N–H and O–H groups in total. The molecule has 2 aromatic rings. The van der Waals surface area contributed by atoms with Crippen molar-refractivity contribution in [3.8, 4) is 0 Å². The van der Waals surface area contributed by atoms with Gasteiger partial charge in [0.05, 0.1) is 5.57 Å². The van der Waals surface area contributed by atoms with Gasteiger partial charge in [-0.25, -0.2) is 4.39 Å².